The molecule has 2 aliphatic heterocycles. The minimum absolute atomic E-state index is 0.0573. The maximum atomic E-state index is 12.4. The fraction of sp³-hybridized carbons (Fsp3) is 0.600. The van der Waals surface area contributed by atoms with Gasteiger partial charge in [0.1, 0.15) is 5.69 Å². The summed E-state index contributed by atoms with van der Waals surface area (Å²) < 4.78 is 10.4. The summed E-state index contributed by atoms with van der Waals surface area (Å²) in [4.78, 5) is 39.3. The summed E-state index contributed by atoms with van der Waals surface area (Å²) in [6.07, 6.45) is 1.07. The standard InChI is InChI=1S/C20H27N3O6/c1-14-9-15(2)12-22(11-14)19(24)13-29-20(25)16-3-4-17(18(10-16)23(26)27)21-5-7-28-8-6-21/h3-4,10,14-15H,5-9,11-13H2,1-2H3/t14-,15-/m0/s1. The number of amides is 1. The molecule has 0 saturated carbocycles. The summed E-state index contributed by atoms with van der Waals surface area (Å²) in [6, 6.07) is 4.26. The summed E-state index contributed by atoms with van der Waals surface area (Å²) >= 11 is 0. The summed E-state index contributed by atoms with van der Waals surface area (Å²) in [5.41, 5.74) is 0.343. The van der Waals surface area contributed by atoms with Crippen molar-refractivity contribution in [2.24, 2.45) is 11.8 Å². The molecular weight excluding hydrogens is 378 g/mol. The molecule has 0 aliphatic carbocycles. The average Bonchev–Trinajstić information content (AvgIpc) is 2.71. The number of carbonyl (C=O) groups is 2. The average molecular weight is 405 g/mol. The smallest absolute Gasteiger partial charge is 0.338 e. The van der Waals surface area contributed by atoms with E-state index >= 15 is 0 Å². The molecule has 0 unspecified atom stereocenters. The van der Waals surface area contributed by atoms with Crippen molar-refractivity contribution in [1.82, 2.24) is 4.90 Å². The lowest BCUT2D eigenvalue weighted by Gasteiger charge is -2.34. The van der Waals surface area contributed by atoms with Crippen LogP contribution in [-0.4, -0.2) is 67.7 Å². The SMILES string of the molecule is C[C@H]1C[C@H](C)CN(C(=O)COC(=O)c2ccc(N3CCOCC3)c([N+](=O)[O-])c2)C1. The highest BCUT2D eigenvalue weighted by atomic mass is 16.6. The minimum Gasteiger partial charge on any atom is -0.452 e. The highest BCUT2D eigenvalue weighted by Gasteiger charge is 2.27. The van der Waals surface area contributed by atoms with Crippen LogP contribution in [0.15, 0.2) is 18.2 Å². The number of rotatable bonds is 5. The first-order valence-corrected chi connectivity index (χ1v) is 9.91. The van der Waals surface area contributed by atoms with E-state index in [1.807, 2.05) is 4.90 Å². The molecule has 29 heavy (non-hydrogen) atoms. The quantitative estimate of drug-likeness (QED) is 0.420. The predicted octanol–water partition coefficient (Wildman–Crippen LogP) is 2.09. The number of hydrogen-bond donors (Lipinski definition) is 0. The van der Waals surface area contributed by atoms with Crippen LogP contribution < -0.4 is 4.90 Å². The van der Waals surface area contributed by atoms with Crippen LogP contribution in [0.25, 0.3) is 0 Å². The van der Waals surface area contributed by atoms with E-state index in [9.17, 15) is 19.7 Å². The van der Waals surface area contributed by atoms with Crippen LogP contribution in [0, 0.1) is 22.0 Å². The highest BCUT2D eigenvalue weighted by molar-refractivity contribution is 5.93. The molecule has 9 heteroatoms. The number of benzene rings is 1. The first kappa shape index (κ1) is 21.0. The van der Waals surface area contributed by atoms with Gasteiger partial charge in [0.05, 0.1) is 23.7 Å². The van der Waals surface area contributed by atoms with Crippen molar-refractivity contribution in [3.05, 3.63) is 33.9 Å². The zero-order valence-electron chi connectivity index (χ0n) is 16.8. The lowest BCUT2D eigenvalue weighted by atomic mass is 9.92. The molecule has 0 aromatic heterocycles. The maximum absolute atomic E-state index is 12.4. The third kappa shape index (κ3) is 5.23. The van der Waals surface area contributed by atoms with Gasteiger partial charge in [-0.05, 0) is 30.4 Å². The van der Waals surface area contributed by atoms with Crippen molar-refractivity contribution in [3.8, 4) is 0 Å². The van der Waals surface area contributed by atoms with Crippen molar-refractivity contribution >= 4 is 23.3 Å². The molecular formula is C20H27N3O6. The molecule has 2 fully saturated rings. The zero-order chi connectivity index (χ0) is 21.0. The molecule has 0 spiro atoms. The second-order valence-electron chi connectivity index (χ2n) is 7.88. The predicted molar refractivity (Wildman–Crippen MR) is 106 cm³/mol. The Labute approximate surface area is 169 Å². The van der Waals surface area contributed by atoms with E-state index in [0.29, 0.717) is 56.9 Å². The Balaban J connectivity index is 1.65. The van der Waals surface area contributed by atoms with E-state index in [4.69, 9.17) is 9.47 Å². The van der Waals surface area contributed by atoms with Gasteiger partial charge < -0.3 is 19.3 Å². The number of nitro groups is 1. The van der Waals surface area contributed by atoms with Gasteiger partial charge in [-0.2, -0.15) is 0 Å². The summed E-state index contributed by atoms with van der Waals surface area (Å²) in [6.45, 7) is 7.22. The van der Waals surface area contributed by atoms with Crippen LogP contribution in [0.1, 0.15) is 30.6 Å². The summed E-state index contributed by atoms with van der Waals surface area (Å²) in [5, 5.41) is 11.5. The number of piperidine rings is 1. The number of hydrogen-bond acceptors (Lipinski definition) is 7. The number of carbonyl (C=O) groups excluding carboxylic acids is 2. The highest BCUT2D eigenvalue weighted by Crippen LogP contribution is 2.30. The Morgan fingerprint density at radius 2 is 1.86 bits per heavy atom. The lowest BCUT2D eigenvalue weighted by molar-refractivity contribution is -0.384. The van der Waals surface area contributed by atoms with Crippen LogP contribution in [0.3, 0.4) is 0 Å². The molecule has 1 aromatic rings. The van der Waals surface area contributed by atoms with Crippen molar-refractivity contribution in [1.29, 1.82) is 0 Å². The molecule has 9 nitrogen and oxygen atoms in total. The largest absolute Gasteiger partial charge is 0.452 e. The van der Waals surface area contributed by atoms with Crippen LogP contribution in [0.2, 0.25) is 0 Å². The maximum Gasteiger partial charge on any atom is 0.338 e. The van der Waals surface area contributed by atoms with Crippen LogP contribution in [0.4, 0.5) is 11.4 Å². The van der Waals surface area contributed by atoms with Gasteiger partial charge in [-0.15, -0.1) is 0 Å². The molecule has 2 aliphatic rings. The summed E-state index contributed by atoms with van der Waals surface area (Å²) in [7, 11) is 0. The topological polar surface area (TPSA) is 102 Å². The van der Waals surface area contributed by atoms with Crippen molar-refractivity contribution in [3.63, 3.8) is 0 Å². The number of esters is 1. The molecule has 0 bridgehead atoms. The van der Waals surface area contributed by atoms with Gasteiger partial charge in [0.25, 0.3) is 11.6 Å². The number of nitrogens with zero attached hydrogens (tertiary/aromatic N) is 3. The van der Waals surface area contributed by atoms with E-state index in [1.54, 1.807) is 11.0 Å². The van der Waals surface area contributed by atoms with Gasteiger partial charge in [0.2, 0.25) is 0 Å². The van der Waals surface area contributed by atoms with Gasteiger partial charge >= 0.3 is 5.97 Å². The first-order chi connectivity index (χ1) is 13.8. The first-order valence-electron chi connectivity index (χ1n) is 9.91. The molecule has 2 atom stereocenters. The lowest BCUT2D eigenvalue weighted by Crippen LogP contribution is -2.44. The third-order valence-corrected chi connectivity index (χ3v) is 5.31. The van der Waals surface area contributed by atoms with Crippen molar-refractivity contribution in [2.45, 2.75) is 20.3 Å². The zero-order valence-corrected chi connectivity index (χ0v) is 16.8. The molecule has 3 rings (SSSR count). The Morgan fingerprint density at radius 3 is 2.48 bits per heavy atom. The number of nitro benzene ring substituents is 1. The van der Waals surface area contributed by atoms with Crippen molar-refractivity contribution < 1.29 is 24.0 Å². The molecule has 0 N–H and O–H groups in total. The number of ether oxygens (including phenoxy) is 2. The molecule has 1 aromatic carbocycles. The van der Waals surface area contributed by atoms with Crippen LogP contribution >= 0.6 is 0 Å². The normalized spacial score (nSPS) is 22.3. The fourth-order valence-electron chi connectivity index (χ4n) is 4.04. The number of morpholine rings is 1. The van der Waals surface area contributed by atoms with Gasteiger partial charge in [-0.1, -0.05) is 13.8 Å². The monoisotopic (exact) mass is 405 g/mol. The second-order valence-corrected chi connectivity index (χ2v) is 7.88. The van der Waals surface area contributed by atoms with Crippen LogP contribution in [0.5, 0.6) is 0 Å². The van der Waals surface area contributed by atoms with Crippen molar-refractivity contribution in [2.75, 3.05) is 50.9 Å². The second kappa shape index (κ2) is 9.21. The summed E-state index contributed by atoms with van der Waals surface area (Å²) in [5.74, 6) is -0.160. The van der Waals surface area contributed by atoms with E-state index < -0.39 is 10.9 Å². The molecule has 2 heterocycles. The Hall–Kier alpha value is -2.68. The fourth-order valence-corrected chi connectivity index (χ4v) is 4.04. The Bertz CT molecular complexity index is 767. The molecule has 158 valence electrons. The Kier molecular flexibility index (Phi) is 6.68. The van der Waals surface area contributed by atoms with E-state index in [2.05, 4.69) is 13.8 Å². The van der Waals surface area contributed by atoms with E-state index in [0.717, 1.165) is 6.42 Å². The van der Waals surface area contributed by atoms with Gasteiger partial charge in [-0.3, -0.25) is 14.9 Å². The van der Waals surface area contributed by atoms with E-state index in [-0.39, 0.29) is 23.8 Å². The van der Waals surface area contributed by atoms with Crippen LogP contribution in [-0.2, 0) is 14.3 Å². The molecule has 2 saturated heterocycles. The third-order valence-electron chi connectivity index (χ3n) is 5.31. The number of likely N-dealkylation sites (tertiary alicyclic amines) is 1. The molecule has 0 radical (unpaired) electrons. The minimum atomic E-state index is -0.743. The van der Waals surface area contributed by atoms with Gasteiger partial charge in [-0.25, -0.2) is 4.79 Å². The van der Waals surface area contributed by atoms with Gasteiger partial charge in [0.15, 0.2) is 6.61 Å². The van der Waals surface area contributed by atoms with E-state index in [1.165, 1.54) is 12.1 Å². The molecule has 1 amide bonds. The van der Waals surface area contributed by atoms with Gasteiger partial charge in [0, 0.05) is 32.2 Å². The Morgan fingerprint density at radius 1 is 1.21 bits per heavy atom. The number of anilines is 1.